The van der Waals surface area contributed by atoms with Crippen LogP contribution in [0.25, 0.3) is 0 Å². The van der Waals surface area contributed by atoms with E-state index in [4.69, 9.17) is 9.84 Å². The topological polar surface area (TPSA) is 41.5 Å². The molecule has 0 aromatic carbocycles. The Labute approximate surface area is 86.8 Å². The van der Waals surface area contributed by atoms with Gasteiger partial charge in [-0.25, -0.2) is 0 Å². The summed E-state index contributed by atoms with van der Waals surface area (Å²) in [5.41, 5.74) is 0. The van der Waals surface area contributed by atoms with E-state index in [1.54, 1.807) is 7.11 Å². The molecule has 1 saturated carbocycles. The Bertz CT molecular complexity index is 141. The van der Waals surface area contributed by atoms with Crippen LogP contribution in [-0.2, 0) is 4.74 Å². The largest absolute Gasteiger partial charge is 0.396 e. The lowest BCUT2D eigenvalue weighted by molar-refractivity contribution is 0.0851. The van der Waals surface area contributed by atoms with E-state index in [-0.39, 0.29) is 0 Å². The molecule has 2 unspecified atom stereocenters. The normalized spacial score (nSPS) is 27.0. The van der Waals surface area contributed by atoms with E-state index in [0.717, 1.165) is 25.8 Å². The van der Waals surface area contributed by atoms with Crippen molar-refractivity contribution in [2.24, 2.45) is 0 Å². The highest BCUT2D eigenvalue weighted by Gasteiger charge is 2.25. The van der Waals surface area contributed by atoms with E-state index in [9.17, 15) is 0 Å². The van der Waals surface area contributed by atoms with Gasteiger partial charge in [-0.3, -0.25) is 0 Å². The average molecular weight is 201 g/mol. The monoisotopic (exact) mass is 201 g/mol. The fourth-order valence-electron chi connectivity index (χ4n) is 2.14. The lowest BCUT2D eigenvalue weighted by Crippen LogP contribution is -2.37. The second-order valence-corrected chi connectivity index (χ2v) is 4.05. The lowest BCUT2D eigenvalue weighted by Gasteiger charge is -2.19. The second-order valence-electron chi connectivity index (χ2n) is 4.05. The van der Waals surface area contributed by atoms with Crippen LogP contribution >= 0.6 is 0 Å². The molecule has 0 heterocycles. The zero-order chi connectivity index (χ0) is 10.2. The maximum Gasteiger partial charge on any atom is 0.0724 e. The first-order valence-electron chi connectivity index (χ1n) is 5.75. The van der Waals surface area contributed by atoms with Crippen molar-refractivity contribution >= 4 is 0 Å². The van der Waals surface area contributed by atoms with Gasteiger partial charge in [0.05, 0.1) is 6.10 Å². The molecule has 1 rings (SSSR count). The van der Waals surface area contributed by atoms with Crippen LogP contribution in [0.1, 0.15) is 38.5 Å². The number of aliphatic hydroxyl groups excluding tert-OH is 1. The average Bonchev–Trinajstić information content (AvgIpc) is 2.65. The smallest absolute Gasteiger partial charge is 0.0724 e. The fraction of sp³-hybridized carbons (Fsp3) is 1.00. The first kappa shape index (κ1) is 12.0. The predicted molar refractivity (Wildman–Crippen MR) is 57.4 cm³/mol. The summed E-state index contributed by atoms with van der Waals surface area (Å²) in [6.45, 7) is 1.38. The van der Waals surface area contributed by atoms with E-state index in [1.165, 1.54) is 19.3 Å². The number of aliphatic hydroxyl groups is 1. The Morgan fingerprint density at radius 2 is 2.14 bits per heavy atom. The summed E-state index contributed by atoms with van der Waals surface area (Å²) in [6, 6.07) is 0.564. The summed E-state index contributed by atoms with van der Waals surface area (Å²) in [5, 5.41) is 12.2. The Morgan fingerprint density at radius 1 is 1.29 bits per heavy atom. The van der Waals surface area contributed by atoms with E-state index in [1.807, 2.05) is 0 Å². The summed E-state index contributed by atoms with van der Waals surface area (Å²) in [7, 11) is 1.80. The van der Waals surface area contributed by atoms with Gasteiger partial charge in [-0.05, 0) is 45.1 Å². The highest BCUT2D eigenvalue weighted by atomic mass is 16.5. The SMILES string of the molecule is COC1CCCC1NCCCCCO. The van der Waals surface area contributed by atoms with Crippen LogP contribution in [0.5, 0.6) is 0 Å². The van der Waals surface area contributed by atoms with Crippen LogP contribution in [0.2, 0.25) is 0 Å². The molecule has 1 aliphatic carbocycles. The molecule has 0 bridgehead atoms. The number of hydrogen-bond donors (Lipinski definition) is 2. The number of ether oxygens (including phenoxy) is 1. The van der Waals surface area contributed by atoms with Gasteiger partial charge in [-0.1, -0.05) is 0 Å². The number of nitrogens with one attached hydrogen (secondary N) is 1. The Kier molecular flexibility index (Phi) is 6.15. The first-order chi connectivity index (χ1) is 6.88. The summed E-state index contributed by atoms with van der Waals surface area (Å²) in [5.74, 6) is 0. The molecule has 0 aliphatic heterocycles. The standard InChI is InChI=1S/C11H23NO2/c1-14-11-7-5-6-10(11)12-8-3-2-4-9-13/h10-13H,2-9H2,1H3. The third-order valence-electron chi connectivity index (χ3n) is 3.00. The van der Waals surface area contributed by atoms with Gasteiger partial charge >= 0.3 is 0 Å². The van der Waals surface area contributed by atoms with E-state index >= 15 is 0 Å². The summed E-state index contributed by atoms with van der Waals surface area (Å²) in [4.78, 5) is 0. The van der Waals surface area contributed by atoms with Crippen LogP contribution in [-0.4, -0.2) is 37.5 Å². The number of hydrogen-bond acceptors (Lipinski definition) is 3. The van der Waals surface area contributed by atoms with Crippen molar-refractivity contribution in [1.82, 2.24) is 5.32 Å². The van der Waals surface area contributed by atoms with Gasteiger partial charge < -0.3 is 15.2 Å². The molecular weight excluding hydrogens is 178 g/mol. The van der Waals surface area contributed by atoms with Gasteiger partial charge in [0.2, 0.25) is 0 Å². The Morgan fingerprint density at radius 3 is 2.86 bits per heavy atom. The van der Waals surface area contributed by atoms with Crippen LogP contribution in [0.15, 0.2) is 0 Å². The molecule has 0 saturated heterocycles. The zero-order valence-corrected chi connectivity index (χ0v) is 9.17. The van der Waals surface area contributed by atoms with Crippen LogP contribution in [0.3, 0.4) is 0 Å². The lowest BCUT2D eigenvalue weighted by atomic mass is 10.2. The van der Waals surface area contributed by atoms with Crippen molar-refractivity contribution in [1.29, 1.82) is 0 Å². The molecule has 0 aromatic rings. The molecule has 0 aromatic heterocycles. The molecule has 3 nitrogen and oxygen atoms in total. The maximum atomic E-state index is 8.62. The molecule has 84 valence electrons. The predicted octanol–water partition coefficient (Wildman–Crippen LogP) is 1.31. The minimum atomic E-state index is 0.324. The van der Waals surface area contributed by atoms with E-state index in [0.29, 0.717) is 18.8 Å². The molecule has 0 radical (unpaired) electrons. The third kappa shape index (κ3) is 3.95. The summed E-state index contributed by atoms with van der Waals surface area (Å²) in [6.07, 6.45) is 7.37. The van der Waals surface area contributed by atoms with Crippen molar-refractivity contribution in [3.63, 3.8) is 0 Å². The minimum absolute atomic E-state index is 0.324. The van der Waals surface area contributed by atoms with Gasteiger partial charge in [0.15, 0.2) is 0 Å². The van der Waals surface area contributed by atoms with Crippen molar-refractivity contribution < 1.29 is 9.84 Å². The molecule has 14 heavy (non-hydrogen) atoms. The van der Waals surface area contributed by atoms with Crippen LogP contribution < -0.4 is 5.32 Å². The van der Waals surface area contributed by atoms with Gasteiger partial charge in [0.1, 0.15) is 0 Å². The highest BCUT2D eigenvalue weighted by Crippen LogP contribution is 2.21. The van der Waals surface area contributed by atoms with Gasteiger partial charge in [-0.15, -0.1) is 0 Å². The van der Waals surface area contributed by atoms with Gasteiger partial charge in [-0.2, -0.15) is 0 Å². The molecule has 1 fully saturated rings. The fourth-order valence-corrected chi connectivity index (χ4v) is 2.14. The Hall–Kier alpha value is -0.120. The molecule has 0 spiro atoms. The molecule has 3 heteroatoms. The van der Waals surface area contributed by atoms with Gasteiger partial charge in [0, 0.05) is 19.8 Å². The Balaban J connectivity index is 2.00. The van der Waals surface area contributed by atoms with Crippen molar-refractivity contribution in [3.8, 4) is 0 Å². The van der Waals surface area contributed by atoms with Crippen LogP contribution in [0.4, 0.5) is 0 Å². The minimum Gasteiger partial charge on any atom is -0.396 e. The summed E-state index contributed by atoms with van der Waals surface area (Å²) < 4.78 is 5.40. The van der Waals surface area contributed by atoms with Crippen molar-refractivity contribution in [2.45, 2.75) is 50.7 Å². The highest BCUT2D eigenvalue weighted by molar-refractivity contribution is 4.83. The first-order valence-corrected chi connectivity index (χ1v) is 5.75. The molecular formula is C11H23NO2. The second kappa shape index (κ2) is 7.21. The molecule has 2 N–H and O–H groups in total. The van der Waals surface area contributed by atoms with Crippen molar-refractivity contribution in [2.75, 3.05) is 20.3 Å². The number of rotatable bonds is 7. The van der Waals surface area contributed by atoms with E-state index < -0.39 is 0 Å². The zero-order valence-electron chi connectivity index (χ0n) is 9.17. The quantitative estimate of drug-likeness (QED) is 0.610. The number of methoxy groups -OCH3 is 1. The molecule has 1 aliphatic rings. The van der Waals surface area contributed by atoms with Crippen LogP contribution in [0, 0.1) is 0 Å². The maximum absolute atomic E-state index is 8.62. The van der Waals surface area contributed by atoms with Gasteiger partial charge in [0.25, 0.3) is 0 Å². The number of unbranched alkanes of at least 4 members (excludes halogenated alkanes) is 2. The molecule has 0 amide bonds. The third-order valence-corrected chi connectivity index (χ3v) is 3.00. The van der Waals surface area contributed by atoms with E-state index in [2.05, 4.69) is 5.32 Å². The van der Waals surface area contributed by atoms with Crippen molar-refractivity contribution in [3.05, 3.63) is 0 Å². The summed E-state index contributed by atoms with van der Waals surface area (Å²) >= 11 is 0. The molecule has 2 atom stereocenters.